The molecule has 1 heterocycles. The summed E-state index contributed by atoms with van der Waals surface area (Å²) in [7, 11) is 0. The number of benzene rings is 1. The smallest absolute Gasteiger partial charge is 0.185 e. The number of nitrogens with one attached hydrogen (secondary N) is 1. The Labute approximate surface area is 100 Å². The molecule has 0 bridgehead atoms. The van der Waals surface area contributed by atoms with Gasteiger partial charge in [-0.1, -0.05) is 6.07 Å². The monoisotopic (exact) mass is 256 g/mol. The molecule has 0 aliphatic rings. The van der Waals surface area contributed by atoms with Crippen LogP contribution in [0.3, 0.4) is 0 Å². The first kappa shape index (κ1) is 12.3. The van der Waals surface area contributed by atoms with Gasteiger partial charge in [-0.05, 0) is 12.1 Å². The second-order valence-electron chi connectivity index (χ2n) is 3.52. The van der Waals surface area contributed by atoms with Crippen LogP contribution in [0.4, 0.5) is 23.2 Å². The van der Waals surface area contributed by atoms with Gasteiger partial charge in [0, 0.05) is 12.3 Å². The van der Waals surface area contributed by atoms with E-state index in [0.29, 0.717) is 5.69 Å². The third-order valence-electron chi connectivity index (χ3n) is 2.28. The normalized spacial score (nSPS) is 10.4. The zero-order valence-corrected chi connectivity index (χ0v) is 9.05. The van der Waals surface area contributed by atoms with Gasteiger partial charge in [-0.15, -0.1) is 0 Å². The summed E-state index contributed by atoms with van der Waals surface area (Å²) in [6.07, 6.45) is 1.50. The maximum atomic E-state index is 13.3. The average molecular weight is 256 g/mol. The molecule has 1 aromatic heterocycles. The standard InChI is InChI=1S/C12H8F4N2/c13-8-5-9(14)11(16)12(10(8)15)18-6-7-3-1-2-4-17-7/h1-5,18H,6H2. The third-order valence-corrected chi connectivity index (χ3v) is 2.28. The highest BCUT2D eigenvalue weighted by atomic mass is 19.2. The Kier molecular flexibility index (Phi) is 3.45. The SMILES string of the molecule is Fc1cc(F)c(F)c(NCc2ccccn2)c1F. The molecule has 1 aromatic carbocycles. The number of nitrogens with zero attached hydrogens (tertiary/aromatic N) is 1. The van der Waals surface area contributed by atoms with Crippen molar-refractivity contribution in [1.82, 2.24) is 4.98 Å². The summed E-state index contributed by atoms with van der Waals surface area (Å²) in [5, 5.41) is 2.29. The Morgan fingerprint density at radius 1 is 1.00 bits per heavy atom. The highest BCUT2D eigenvalue weighted by Gasteiger charge is 2.18. The third kappa shape index (κ3) is 2.42. The van der Waals surface area contributed by atoms with Crippen molar-refractivity contribution >= 4 is 5.69 Å². The van der Waals surface area contributed by atoms with Crippen LogP contribution >= 0.6 is 0 Å². The van der Waals surface area contributed by atoms with Crippen LogP contribution in [0.5, 0.6) is 0 Å². The summed E-state index contributed by atoms with van der Waals surface area (Å²) < 4.78 is 52.4. The van der Waals surface area contributed by atoms with Gasteiger partial charge in [-0.2, -0.15) is 0 Å². The van der Waals surface area contributed by atoms with E-state index in [2.05, 4.69) is 10.3 Å². The Bertz CT molecular complexity index is 531. The first-order valence-corrected chi connectivity index (χ1v) is 5.06. The predicted octanol–water partition coefficient (Wildman–Crippen LogP) is 3.25. The molecule has 0 amide bonds. The molecule has 0 aliphatic carbocycles. The van der Waals surface area contributed by atoms with Gasteiger partial charge in [-0.25, -0.2) is 17.6 Å². The molecule has 0 saturated carbocycles. The molecule has 1 N–H and O–H groups in total. The highest BCUT2D eigenvalue weighted by molar-refractivity contribution is 5.47. The van der Waals surface area contributed by atoms with E-state index >= 15 is 0 Å². The molecular weight excluding hydrogens is 248 g/mol. The van der Waals surface area contributed by atoms with Crippen molar-refractivity contribution in [3.8, 4) is 0 Å². The molecule has 0 unspecified atom stereocenters. The van der Waals surface area contributed by atoms with Gasteiger partial charge in [0.05, 0.1) is 12.2 Å². The van der Waals surface area contributed by atoms with Gasteiger partial charge in [0.1, 0.15) is 5.69 Å². The summed E-state index contributed by atoms with van der Waals surface area (Å²) in [6, 6.07) is 5.13. The van der Waals surface area contributed by atoms with E-state index in [-0.39, 0.29) is 12.6 Å². The van der Waals surface area contributed by atoms with E-state index < -0.39 is 29.0 Å². The first-order chi connectivity index (χ1) is 8.59. The first-order valence-electron chi connectivity index (χ1n) is 5.06. The van der Waals surface area contributed by atoms with Crippen LogP contribution < -0.4 is 5.32 Å². The quantitative estimate of drug-likeness (QED) is 0.673. The van der Waals surface area contributed by atoms with Crippen molar-refractivity contribution in [2.75, 3.05) is 5.32 Å². The maximum Gasteiger partial charge on any atom is 0.185 e. The predicted molar refractivity (Wildman–Crippen MR) is 57.8 cm³/mol. The number of anilines is 1. The van der Waals surface area contributed by atoms with Gasteiger partial charge in [0.2, 0.25) is 0 Å². The molecule has 6 heteroatoms. The summed E-state index contributed by atoms with van der Waals surface area (Å²) in [5.74, 6) is -5.80. The van der Waals surface area contributed by atoms with Crippen molar-refractivity contribution in [2.45, 2.75) is 6.54 Å². The summed E-state index contributed by atoms with van der Waals surface area (Å²) in [6.45, 7) is -0.0441. The Hall–Kier alpha value is -2.11. The van der Waals surface area contributed by atoms with Crippen LogP contribution in [0.2, 0.25) is 0 Å². The number of pyridine rings is 1. The Balaban J connectivity index is 2.24. The lowest BCUT2D eigenvalue weighted by molar-refractivity contribution is 0.458. The molecule has 18 heavy (non-hydrogen) atoms. The van der Waals surface area contributed by atoms with E-state index in [1.165, 1.54) is 6.20 Å². The maximum absolute atomic E-state index is 13.3. The fraction of sp³-hybridized carbons (Fsp3) is 0.0833. The molecule has 0 fully saturated rings. The topological polar surface area (TPSA) is 24.9 Å². The lowest BCUT2D eigenvalue weighted by Crippen LogP contribution is -2.08. The van der Waals surface area contributed by atoms with E-state index in [1.54, 1.807) is 18.2 Å². The van der Waals surface area contributed by atoms with Crippen molar-refractivity contribution in [2.24, 2.45) is 0 Å². The van der Waals surface area contributed by atoms with Crippen LogP contribution in [0.15, 0.2) is 30.5 Å². The largest absolute Gasteiger partial charge is 0.374 e. The zero-order valence-electron chi connectivity index (χ0n) is 9.05. The molecule has 2 rings (SSSR count). The van der Waals surface area contributed by atoms with Crippen molar-refractivity contribution in [3.63, 3.8) is 0 Å². The summed E-state index contributed by atoms with van der Waals surface area (Å²) in [4.78, 5) is 3.90. The van der Waals surface area contributed by atoms with E-state index in [9.17, 15) is 17.6 Å². The molecule has 0 atom stereocenters. The minimum Gasteiger partial charge on any atom is -0.374 e. The lowest BCUT2D eigenvalue weighted by Gasteiger charge is -2.09. The fourth-order valence-corrected chi connectivity index (χ4v) is 1.41. The summed E-state index contributed by atoms with van der Waals surface area (Å²) >= 11 is 0. The van der Waals surface area contributed by atoms with Crippen LogP contribution in [0.25, 0.3) is 0 Å². The van der Waals surface area contributed by atoms with E-state index in [0.717, 1.165) is 0 Å². The Morgan fingerprint density at radius 2 is 1.67 bits per heavy atom. The number of rotatable bonds is 3. The lowest BCUT2D eigenvalue weighted by atomic mass is 10.2. The highest BCUT2D eigenvalue weighted by Crippen LogP contribution is 2.24. The average Bonchev–Trinajstić information content (AvgIpc) is 2.38. The number of aromatic nitrogens is 1. The molecule has 2 aromatic rings. The van der Waals surface area contributed by atoms with Crippen LogP contribution in [-0.4, -0.2) is 4.98 Å². The Morgan fingerprint density at radius 3 is 2.22 bits per heavy atom. The van der Waals surface area contributed by atoms with Crippen molar-refractivity contribution < 1.29 is 17.6 Å². The van der Waals surface area contributed by atoms with Gasteiger partial charge < -0.3 is 5.32 Å². The molecule has 94 valence electrons. The van der Waals surface area contributed by atoms with Gasteiger partial charge >= 0.3 is 0 Å². The zero-order chi connectivity index (χ0) is 13.1. The molecule has 2 nitrogen and oxygen atoms in total. The molecule has 0 saturated heterocycles. The van der Waals surface area contributed by atoms with Crippen molar-refractivity contribution in [3.05, 3.63) is 59.4 Å². The van der Waals surface area contributed by atoms with Gasteiger partial charge in [-0.3, -0.25) is 4.98 Å². The number of hydrogen-bond acceptors (Lipinski definition) is 2. The molecule has 0 spiro atoms. The van der Waals surface area contributed by atoms with E-state index in [4.69, 9.17) is 0 Å². The van der Waals surface area contributed by atoms with Crippen LogP contribution in [0, 0.1) is 23.3 Å². The minimum atomic E-state index is -1.45. The minimum absolute atomic E-state index is 0.0441. The van der Waals surface area contributed by atoms with Gasteiger partial charge in [0.25, 0.3) is 0 Å². The second kappa shape index (κ2) is 5.03. The number of halogens is 4. The van der Waals surface area contributed by atoms with Crippen LogP contribution in [0.1, 0.15) is 5.69 Å². The van der Waals surface area contributed by atoms with E-state index in [1.807, 2.05) is 0 Å². The summed E-state index contributed by atoms with van der Waals surface area (Å²) in [5.41, 5.74) is -0.348. The van der Waals surface area contributed by atoms with Crippen molar-refractivity contribution in [1.29, 1.82) is 0 Å². The second-order valence-corrected chi connectivity index (χ2v) is 3.52. The molecular formula is C12H8F4N2. The van der Waals surface area contributed by atoms with Gasteiger partial charge in [0.15, 0.2) is 23.3 Å². The van der Waals surface area contributed by atoms with Crippen LogP contribution in [-0.2, 0) is 6.54 Å². The molecule has 0 radical (unpaired) electrons. The fourth-order valence-electron chi connectivity index (χ4n) is 1.41. The molecule has 0 aliphatic heterocycles. The number of hydrogen-bond donors (Lipinski definition) is 1.